The predicted molar refractivity (Wildman–Crippen MR) is 52.2 cm³/mol. The van der Waals surface area contributed by atoms with Crippen LogP contribution in [0.1, 0.15) is 26.7 Å². The molecule has 0 bridgehead atoms. The summed E-state index contributed by atoms with van der Waals surface area (Å²) in [5.74, 6) is 1.33. The molecule has 0 saturated carbocycles. The summed E-state index contributed by atoms with van der Waals surface area (Å²) in [6.45, 7) is 4.50. The van der Waals surface area contributed by atoms with Crippen molar-refractivity contribution in [2.24, 2.45) is 16.8 Å². The van der Waals surface area contributed by atoms with E-state index in [0.29, 0.717) is 5.92 Å². The maximum absolute atomic E-state index is 4.21. The predicted octanol–water partition coefficient (Wildman–Crippen LogP) is 2.95. The van der Waals surface area contributed by atoms with Gasteiger partial charge in [0.1, 0.15) is 0 Å². The first-order valence-electron chi connectivity index (χ1n) is 4.65. The van der Waals surface area contributed by atoms with Crippen LogP contribution in [0.3, 0.4) is 0 Å². The molecule has 12 heavy (non-hydrogen) atoms. The van der Waals surface area contributed by atoms with Crippen molar-refractivity contribution in [1.82, 2.24) is 0 Å². The van der Waals surface area contributed by atoms with Crippen LogP contribution >= 0.6 is 0 Å². The van der Waals surface area contributed by atoms with Crippen molar-refractivity contribution in [2.45, 2.75) is 26.7 Å². The summed E-state index contributed by atoms with van der Waals surface area (Å²) < 4.78 is 0. The first-order chi connectivity index (χ1) is 5.79. The molecule has 2 atom stereocenters. The van der Waals surface area contributed by atoms with E-state index < -0.39 is 0 Å². The van der Waals surface area contributed by atoms with Gasteiger partial charge in [-0.15, -0.1) is 0 Å². The van der Waals surface area contributed by atoms with E-state index in [9.17, 15) is 0 Å². The molecule has 0 aromatic rings. The van der Waals surface area contributed by atoms with Crippen LogP contribution in [-0.2, 0) is 0 Å². The molecule has 2 rings (SSSR count). The van der Waals surface area contributed by atoms with Gasteiger partial charge in [0.2, 0.25) is 0 Å². The normalized spacial score (nSPS) is 33.8. The second-order valence-corrected chi connectivity index (χ2v) is 3.83. The number of rotatable bonds is 0. The van der Waals surface area contributed by atoms with Gasteiger partial charge in [-0.25, -0.2) is 0 Å². The van der Waals surface area contributed by atoms with Crippen molar-refractivity contribution < 1.29 is 0 Å². The second kappa shape index (κ2) is 2.89. The van der Waals surface area contributed by atoms with E-state index in [1.54, 1.807) is 11.1 Å². The smallest absolute Gasteiger partial charge is 0.0227 e. The van der Waals surface area contributed by atoms with Gasteiger partial charge >= 0.3 is 0 Å². The Morgan fingerprint density at radius 2 is 2.25 bits per heavy atom. The summed E-state index contributed by atoms with van der Waals surface area (Å²) in [5, 5.41) is 0. The molecule has 1 nitrogen and oxygen atoms in total. The minimum Gasteiger partial charge on any atom is -0.269 e. The molecule has 0 saturated heterocycles. The minimum absolute atomic E-state index is 0.601. The molecule has 0 fully saturated rings. The molecule has 1 heteroatoms. The maximum Gasteiger partial charge on any atom is 0.0227 e. The lowest BCUT2D eigenvalue weighted by Crippen LogP contribution is -2.22. The van der Waals surface area contributed by atoms with Gasteiger partial charge in [0, 0.05) is 18.3 Å². The Kier molecular flexibility index (Phi) is 1.87. The largest absolute Gasteiger partial charge is 0.269 e. The highest BCUT2D eigenvalue weighted by atomic mass is 14.7. The van der Waals surface area contributed by atoms with E-state index in [4.69, 9.17) is 0 Å². The van der Waals surface area contributed by atoms with E-state index in [1.807, 2.05) is 6.20 Å². The quantitative estimate of drug-likeness (QED) is 0.484. The molecule has 2 aliphatic rings. The lowest BCUT2D eigenvalue weighted by molar-refractivity contribution is 0.481. The third kappa shape index (κ3) is 1.13. The Labute approximate surface area is 73.9 Å². The Bertz CT molecular complexity index is 271. The van der Waals surface area contributed by atoms with Crippen LogP contribution in [0, 0.1) is 11.8 Å². The Balaban J connectivity index is 2.32. The number of allylic oxidation sites excluding steroid dienone is 3. The molecule has 0 amide bonds. The first-order valence-corrected chi connectivity index (χ1v) is 4.65. The molecular formula is C11H15N. The molecule has 0 N–H and O–H groups in total. The van der Waals surface area contributed by atoms with Gasteiger partial charge < -0.3 is 0 Å². The Morgan fingerprint density at radius 1 is 1.42 bits per heavy atom. The molecule has 64 valence electrons. The van der Waals surface area contributed by atoms with E-state index in [0.717, 1.165) is 5.92 Å². The zero-order chi connectivity index (χ0) is 8.55. The molecule has 0 spiro atoms. The van der Waals surface area contributed by atoms with Crippen molar-refractivity contribution in [3.8, 4) is 0 Å². The van der Waals surface area contributed by atoms with Crippen molar-refractivity contribution >= 4 is 6.21 Å². The van der Waals surface area contributed by atoms with E-state index >= 15 is 0 Å². The van der Waals surface area contributed by atoms with Gasteiger partial charge in [0.25, 0.3) is 0 Å². The maximum atomic E-state index is 4.21. The average molecular weight is 161 g/mol. The van der Waals surface area contributed by atoms with E-state index in [-0.39, 0.29) is 0 Å². The fraction of sp³-hybridized carbons (Fsp3) is 0.545. The van der Waals surface area contributed by atoms with Crippen molar-refractivity contribution in [1.29, 1.82) is 0 Å². The van der Waals surface area contributed by atoms with Crippen molar-refractivity contribution in [2.75, 3.05) is 0 Å². The summed E-state index contributed by atoms with van der Waals surface area (Å²) in [6, 6.07) is 0. The summed E-state index contributed by atoms with van der Waals surface area (Å²) in [5.41, 5.74) is 3.11. The number of fused-ring (bicyclic) bond motifs is 1. The molecule has 1 aliphatic heterocycles. The standard InChI is InChI=1S/C11H15N/c1-8-3-4-10-5-6-12-7-11(10)9(8)2/h5-7,10-11H,3-4H2,1-2H3. The zero-order valence-corrected chi connectivity index (χ0v) is 7.75. The first kappa shape index (κ1) is 7.78. The summed E-state index contributed by atoms with van der Waals surface area (Å²) in [4.78, 5) is 4.21. The molecule has 0 radical (unpaired) electrons. The molecule has 0 aromatic carbocycles. The number of hydrogen-bond acceptors (Lipinski definition) is 1. The van der Waals surface area contributed by atoms with Crippen LogP contribution in [0.5, 0.6) is 0 Å². The fourth-order valence-corrected chi connectivity index (χ4v) is 2.11. The van der Waals surface area contributed by atoms with Crippen LogP contribution in [0.15, 0.2) is 28.4 Å². The highest BCUT2D eigenvalue weighted by Crippen LogP contribution is 2.35. The number of nitrogens with zero attached hydrogens (tertiary/aromatic N) is 1. The van der Waals surface area contributed by atoms with Gasteiger partial charge in [-0.1, -0.05) is 17.2 Å². The van der Waals surface area contributed by atoms with E-state index in [2.05, 4.69) is 31.1 Å². The van der Waals surface area contributed by atoms with Crippen LogP contribution in [0.2, 0.25) is 0 Å². The van der Waals surface area contributed by atoms with Crippen LogP contribution in [0.25, 0.3) is 0 Å². The molecule has 2 unspecified atom stereocenters. The second-order valence-electron chi connectivity index (χ2n) is 3.83. The van der Waals surface area contributed by atoms with Gasteiger partial charge in [-0.05, 0) is 32.6 Å². The van der Waals surface area contributed by atoms with Gasteiger partial charge in [-0.3, -0.25) is 4.99 Å². The van der Waals surface area contributed by atoms with Gasteiger partial charge in [0.15, 0.2) is 0 Å². The third-order valence-corrected chi connectivity index (χ3v) is 3.15. The minimum atomic E-state index is 0.601. The molecule has 1 heterocycles. The topological polar surface area (TPSA) is 12.4 Å². The SMILES string of the molecule is CC1=C(C)C2C=NC=CC2CC1. The van der Waals surface area contributed by atoms with Gasteiger partial charge in [-0.2, -0.15) is 0 Å². The summed E-state index contributed by atoms with van der Waals surface area (Å²) >= 11 is 0. The van der Waals surface area contributed by atoms with Crippen LogP contribution in [-0.4, -0.2) is 6.21 Å². The van der Waals surface area contributed by atoms with Crippen molar-refractivity contribution in [3.63, 3.8) is 0 Å². The van der Waals surface area contributed by atoms with Crippen LogP contribution < -0.4 is 0 Å². The number of hydrogen-bond donors (Lipinski definition) is 0. The summed E-state index contributed by atoms with van der Waals surface area (Å²) in [6.07, 6.45) is 8.86. The zero-order valence-electron chi connectivity index (χ0n) is 7.75. The summed E-state index contributed by atoms with van der Waals surface area (Å²) in [7, 11) is 0. The lowest BCUT2D eigenvalue weighted by Gasteiger charge is -2.30. The fourth-order valence-electron chi connectivity index (χ4n) is 2.11. The molecule has 0 aromatic heterocycles. The molecule has 1 aliphatic carbocycles. The van der Waals surface area contributed by atoms with E-state index in [1.165, 1.54) is 12.8 Å². The van der Waals surface area contributed by atoms with Crippen molar-refractivity contribution in [3.05, 3.63) is 23.4 Å². The number of aliphatic imine (C=N–C) groups is 1. The monoisotopic (exact) mass is 161 g/mol. The Hall–Kier alpha value is -0.850. The third-order valence-electron chi connectivity index (χ3n) is 3.15. The van der Waals surface area contributed by atoms with Gasteiger partial charge in [0.05, 0.1) is 0 Å². The van der Waals surface area contributed by atoms with Crippen LogP contribution in [0.4, 0.5) is 0 Å². The molecular weight excluding hydrogens is 146 g/mol. The average Bonchev–Trinajstić information content (AvgIpc) is 2.12. The Morgan fingerprint density at radius 3 is 3.08 bits per heavy atom. The highest BCUT2D eigenvalue weighted by molar-refractivity contribution is 5.68. The lowest BCUT2D eigenvalue weighted by atomic mass is 9.76. The highest BCUT2D eigenvalue weighted by Gasteiger charge is 2.25.